The van der Waals surface area contributed by atoms with Gasteiger partial charge in [-0.3, -0.25) is 0 Å². The summed E-state index contributed by atoms with van der Waals surface area (Å²) in [7, 11) is -1.97. The van der Waals surface area contributed by atoms with E-state index in [0.29, 0.717) is 25.4 Å². The highest BCUT2D eigenvalue weighted by Crippen LogP contribution is 2.17. The summed E-state index contributed by atoms with van der Waals surface area (Å²) < 4.78 is 38.1. The Labute approximate surface area is 125 Å². The van der Waals surface area contributed by atoms with Gasteiger partial charge in [-0.05, 0) is 30.7 Å². The Hall–Kier alpha value is -1.15. The third kappa shape index (κ3) is 4.16. The van der Waals surface area contributed by atoms with Crippen molar-refractivity contribution in [1.29, 1.82) is 0 Å². The van der Waals surface area contributed by atoms with Crippen molar-refractivity contribution < 1.29 is 17.9 Å². The highest BCUT2D eigenvalue weighted by Gasteiger charge is 2.31. The van der Waals surface area contributed by atoms with Gasteiger partial charge in [-0.2, -0.15) is 0 Å². The molecule has 1 unspecified atom stereocenters. The van der Waals surface area contributed by atoms with Crippen LogP contribution in [-0.4, -0.2) is 47.4 Å². The minimum Gasteiger partial charge on any atom is -0.494 e. The van der Waals surface area contributed by atoms with Crippen LogP contribution < -0.4 is 14.8 Å². The molecule has 1 aliphatic heterocycles. The van der Waals surface area contributed by atoms with E-state index < -0.39 is 10.0 Å². The van der Waals surface area contributed by atoms with Crippen molar-refractivity contribution in [3.63, 3.8) is 0 Å². The second-order valence-electron chi connectivity index (χ2n) is 4.98. The molecule has 1 saturated heterocycles. The molecule has 7 heteroatoms. The van der Waals surface area contributed by atoms with Crippen molar-refractivity contribution in [2.45, 2.75) is 30.4 Å². The second kappa shape index (κ2) is 7.22. The van der Waals surface area contributed by atoms with Crippen molar-refractivity contribution in [3.05, 3.63) is 24.3 Å². The number of hydrogen-bond donors (Lipinski definition) is 2. The van der Waals surface area contributed by atoms with E-state index in [2.05, 4.69) is 10.0 Å². The Morgan fingerprint density at radius 1 is 1.29 bits per heavy atom. The Balaban J connectivity index is 2.05. The molecule has 1 heterocycles. The molecule has 0 amide bonds. The normalized spacial score (nSPS) is 22.4. The summed E-state index contributed by atoms with van der Waals surface area (Å²) in [6.07, 6.45) is 0.765. The zero-order chi connectivity index (χ0) is 15.3. The molecular weight excluding hydrogens is 292 g/mol. The fraction of sp³-hybridized carbons (Fsp3) is 0.571. The summed E-state index contributed by atoms with van der Waals surface area (Å²) in [6.45, 7) is 3.85. The monoisotopic (exact) mass is 314 g/mol. The van der Waals surface area contributed by atoms with Gasteiger partial charge in [0.05, 0.1) is 23.6 Å². The number of benzene rings is 1. The molecule has 0 radical (unpaired) electrons. The molecule has 2 rings (SSSR count). The zero-order valence-corrected chi connectivity index (χ0v) is 13.2. The lowest BCUT2D eigenvalue weighted by Gasteiger charge is -2.18. The van der Waals surface area contributed by atoms with E-state index in [0.717, 1.165) is 6.42 Å². The van der Waals surface area contributed by atoms with Gasteiger partial charge in [-0.25, -0.2) is 13.1 Å². The molecule has 2 N–H and O–H groups in total. The second-order valence-corrected chi connectivity index (χ2v) is 6.69. The van der Waals surface area contributed by atoms with Crippen LogP contribution >= 0.6 is 0 Å². The van der Waals surface area contributed by atoms with Crippen molar-refractivity contribution in [3.8, 4) is 5.75 Å². The topological polar surface area (TPSA) is 76.7 Å². The molecule has 118 valence electrons. The molecule has 21 heavy (non-hydrogen) atoms. The van der Waals surface area contributed by atoms with Crippen LogP contribution in [0.4, 0.5) is 0 Å². The molecule has 0 spiro atoms. The summed E-state index contributed by atoms with van der Waals surface area (Å²) in [5.74, 6) is 0.674. The fourth-order valence-electron chi connectivity index (χ4n) is 2.22. The fourth-order valence-corrected chi connectivity index (χ4v) is 3.49. The molecule has 0 aliphatic carbocycles. The molecule has 1 aliphatic rings. The van der Waals surface area contributed by atoms with Gasteiger partial charge in [0.2, 0.25) is 10.0 Å². The minimum atomic E-state index is -3.55. The van der Waals surface area contributed by atoms with E-state index in [4.69, 9.17) is 9.47 Å². The lowest BCUT2D eigenvalue weighted by atomic mass is 10.2. The third-order valence-corrected chi connectivity index (χ3v) is 4.88. The average molecular weight is 314 g/mol. The molecule has 1 fully saturated rings. The molecule has 2 atom stereocenters. The Bertz CT molecular complexity index is 545. The van der Waals surface area contributed by atoms with Gasteiger partial charge in [-0.15, -0.1) is 0 Å². The number of ether oxygens (including phenoxy) is 2. The Morgan fingerprint density at radius 2 is 2.00 bits per heavy atom. The van der Waals surface area contributed by atoms with Crippen LogP contribution in [0.15, 0.2) is 29.2 Å². The molecule has 0 aromatic heterocycles. The lowest BCUT2D eigenvalue weighted by molar-refractivity contribution is 0.103. The quantitative estimate of drug-likeness (QED) is 0.776. The summed E-state index contributed by atoms with van der Waals surface area (Å²) in [4.78, 5) is 0.230. The highest BCUT2D eigenvalue weighted by molar-refractivity contribution is 7.89. The van der Waals surface area contributed by atoms with Crippen molar-refractivity contribution in [2.75, 3.05) is 26.8 Å². The van der Waals surface area contributed by atoms with Gasteiger partial charge in [-0.1, -0.05) is 6.92 Å². The van der Waals surface area contributed by atoms with Crippen LogP contribution in [0.25, 0.3) is 0 Å². The van der Waals surface area contributed by atoms with Gasteiger partial charge < -0.3 is 14.8 Å². The molecular formula is C14H22N2O4S. The number of nitrogens with one attached hydrogen (secondary N) is 2. The first-order valence-electron chi connectivity index (χ1n) is 7.05. The maximum absolute atomic E-state index is 12.3. The molecule has 0 bridgehead atoms. The summed E-state index contributed by atoms with van der Waals surface area (Å²) in [5, 5.41) is 3.11. The summed E-state index contributed by atoms with van der Waals surface area (Å²) >= 11 is 0. The summed E-state index contributed by atoms with van der Waals surface area (Å²) in [5.41, 5.74) is 0. The molecule has 0 saturated carbocycles. The zero-order valence-electron chi connectivity index (χ0n) is 12.3. The van der Waals surface area contributed by atoms with Gasteiger partial charge in [0.1, 0.15) is 5.75 Å². The van der Waals surface area contributed by atoms with Crippen LogP contribution in [-0.2, 0) is 14.8 Å². The third-order valence-electron chi connectivity index (χ3n) is 3.37. The molecule has 6 nitrogen and oxygen atoms in total. The predicted molar refractivity (Wildman–Crippen MR) is 80.0 cm³/mol. The van der Waals surface area contributed by atoms with Gasteiger partial charge in [0.25, 0.3) is 0 Å². The standard InChI is InChI=1S/C14H22N2O4S/c1-3-8-20-11-4-6-12(7-5-11)21(17,18)16-13-9-15-10-14(13)19-2/h4-7,13-16H,3,8-10H2,1-2H3/t13?,14-/m0/s1. The van der Waals surface area contributed by atoms with Crippen molar-refractivity contribution in [2.24, 2.45) is 0 Å². The number of sulfonamides is 1. The minimum absolute atomic E-state index is 0.146. The number of hydrogen-bond acceptors (Lipinski definition) is 5. The van der Waals surface area contributed by atoms with E-state index in [1.54, 1.807) is 31.4 Å². The van der Waals surface area contributed by atoms with Gasteiger partial charge >= 0.3 is 0 Å². The maximum Gasteiger partial charge on any atom is 0.240 e. The van der Waals surface area contributed by atoms with E-state index in [9.17, 15) is 8.42 Å². The first-order chi connectivity index (χ1) is 10.1. The lowest BCUT2D eigenvalue weighted by Crippen LogP contribution is -2.43. The van der Waals surface area contributed by atoms with Crippen LogP contribution in [0.5, 0.6) is 5.75 Å². The van der Waals surface area contributed by atoms with Crippen molar-refractivity contribution >= 4 is 10.0 Å². The number of rotatable bonds is 7. The van der Waals surface area contributed by atoms with Crippen LogP contribution in [0.3, 0.4) is 0 Å². The largest absolute Gasteiger partial charge is 0.494 e. The SMILES string of the molecule is CCCOc1ccc(S(=O)(=O)NC2CNC[C@@H]2OC)cc1. The Kier molecular flexibility index (Phi) is 5.58. The average Bonchev–Trinajstić information content (AvgIpc) is 2.92. The highest BCUT2D eigenvalue weighted by atomic mass is 32.2. The van der Waals surface area contributed by atoms with E-state index >= 15 is 0 Å². The van der Waals surface area contributed by atoms with Crippen molar-refractivity contribution in [1.82, 2.24) is 10.0 Å². The predicted octanol–water partition coefficient (Wildman–Crippen LogP) is 0.741. The van der Waals surface area contributed by atoms with E-state index in [1.807, 2.05) is 6.92 Å². The first kappa shape index (κ1) is 16.2. The molecule has 1 aromatic rings. The first-order valence-corrected chi connectivity index (χ1v) is 8.54. The maximum atomic E-state index is 12.3. The smallest absolute Gasteiger partial charge is 0.240 e. The van der Waals surface area contributed by atoms with Crippen LogP contribution in [0.2, 0.25) is 0 Å². The number of methoxy groups -OCH3 is 1. The van der Waals surface area contributed by atoms with Crippen LogP contribution in [0, 0.1) is 0 Å². The summed E-state index contributed by atoms with van der Waals surface area (Å²) in [6, 6.07) is 6.20. The van der Waals surface area contributed by atoms with Gasteiger partial charge in [0.15, 0.2) is 0 Å². The molecule has 1 aromatic carbocycles. The Morgan fingerprint density at radius 3 is 2.62 bits per heavy atom. The van der Waals surface area contributed by atoms with Gasteiger partial charge in [0, 0.05) is 20.2 Å². The van der Waals surface area contributed by atoms with E-state index in [-0.39, 0.29) is 17.0 Å². The van der Waals surface area contributed by atoms with E-state index in [1.165, 1.54) is 0 Å². The van der Waals surface area contributed by atoms with Crippen LogP contribution in [0.1, 0.15) is 13.3 Å².